The van der Waals surface area contributed by atoms with Gasteiger partial charge in [-0.15, -0.1) is 11.8 Å². The molecule has 0 aromatic heterocycles. The summed E-state index contributed by atoms with van der Waals surface area (Å²) in [5.74, 6) is 0.686. The van der Waals surface area contributed by atoms with Crippen LogP contribution in [0.15, 0.2) is 57.9 Å². The Morgan fingerprint density at radius 2 is 1.71 bits per heavy atom. The van der Waals surface area contributed by atoms with Crippen LogP contribution in [0.5, 0.6) is 5.75 Å². The van der Waals surface area contributed by atoms with Crippen LogP contribution in [0.2, 0.25) is 0 Å². The standard InChI is InChI=1S/C17H15BrO2S/c1-20-14-7-5-13(6-8-14)17(19)16(18)11-12-3-9-15(21-2)10-4-12/h3-11H,1-2H3/b16-11-. The Hall–Kier alpha value is -1.52. The molecule has 0 aliphatic rings. The number of carbonyl (C=O) groups excluding carboxylic acids is 1. The number of hydrogen-bond acceptors (Lipinski definition) is 3. The number of rotatable bonds is 5. The van der Waals surface area contributed by atoms with E-state index in [-0.39, 0.29) is 5.78 Å². The minimum atomic E-state index is -0.0494. The first-order valence-electron chi connectivity index (χ1n) is 6.34. The molecule has 21 heavy (non-hydrogen) atoms. The Morgan fingerprint density at radius 1 is 1.10 bits per heavy atom. The Morgan fingerprint density at radius 3 is 2.24 bits per heavy atom. The fourth-order valence-electron chi connectivity index (χ4n) is 1.79. The van der Waals surface area contributed by atoms with Crippen molar-refractivity contribution in [1.82, 2.24) is 0 Å². The lowest BCUT2D eigenvalue weighted by Gasteiger charge is -2.03. The molecule has 0 N–H and O–H groups in total. The third-order valence-electron chi connectivity index (χ3n) is 2.98. The number of carbonyl (C=O) groups is 1. The zero-order chi connectivity index (χ0) is 15.2. The summed E-state index contributed by atoms with van der Waals surface area (Å²) in [6, 6.07) is 15.1. The van der Waals surface area contributed by atoms with Crippen LogP contribution in [0.25, 0.3) is 6.08 Å². The van der Waals surface area contributed by atoms with Crippen molar-refractivity contribution in [3.8, 4) is 5.75 Å². The van der Waals surface area contributed by atoms with Gasteiger partial charge in [-0.2, -0.15) is 0 Å². The first-order chi connectivity index (χ1) is 10.1. The lowest BCUT2D eigenvalue weighted by molar-refractivity contribution is 0.104. The van der Waals surface area contributed by atoms with Gasteiger partial charge in [-0.05, 0) is 70.2 Å². The van der Waals surface area contributed by atoms with E-state index in [0.29, 0.717) is 10.0 Å². The van der Waals surface area contributed by atoms with Crippen molar-refractivity contribution in [3.05, 3.63) is 64.1 Å². The van der Waals surface area contributed by atoms with Crippen molar-refractivity contribution in [2.24, 2.45) is 0 Å². The van der Waals surface area contributed by atoms with Crippen LogP contribution in [0.1, 0.15) is 15.9 Å². The predicted octanol–water partition coefficient (Wildman–Crippen LogP) is 5.04. The summed E-state index contributed by atoms with van der Waals surface area (Å²) in [6.45, 7) is 0. The highest BCUT2D eigenvalue weighted by atomic mass is 79.9. The number of thioether (sulfide) groups is 1. The molecule has 108 valence electrons. The zero-order valence-corrected chi connectivity index (χ0v) is 14.2. The minimum absolute atomic E-state index is 0.0494. The molecule has 0 saturated heterocycles. The maximum Gasteiger partial charge on any atom is 0.199 e. The molecule has 0 aliphatic carbocycles. The molecule has 0 spiro atoms. The normalized spacial score (nSPS) is 11.3. The predicted molar refractivity (Wildman–Crippen MR) is 92.5 cm³/mol. The summed E-state index contributed by atoms with van der Waals surface area (Å²) in [5.41, 5.74) is 1.61. The van der Waals surface area contributed by atoms with E-state index in [1.165, 1.54) is 4.90 Å². The van der Waals surface area contributed by atoms with Gasteiger partial charge in [-0.25, -0.2) is 0 Å². The molecule has 0 radical (unpaired) electrons. The van der Waals surface area contributed by atoms with Gasteiger partial charge in [0, 0.05) is 10.5 Å². The Balaban J connectivity index is 2.18. The number of benzene rings is 2. The van der Waals surface area contributed by atoms with Crippen LogP contribution in [0, 0.1) is 0 Å². The molecular formula is C17H15BrO2S. The van der Waals surface area contributed by atoms with Crippen LogP contribution in [-0.2, 0) is 0 Å². The average Bonchev–Trinajstić information content (AvgIpc) is 2.55. The molecule has 0 atom stereocenters. The van der Waals surface area contributed by atoms with Gasteiger partial charge in [-0.3, -0.25) is 4.79 Å². The molecule has 2 rings (SSSR count). The smallest absolute Gasteiger partial charge is 0.199 e. The van der Waals surface area contributed by atoms with Crippen LogP contribution in [0.4, 0.5) is 0 Å². The summed E-state index contributed by atoms with van der Waals surface area (Å²) < 4.78 is 5.62. The first-order valence-corrected chi connectivity index (χ1v) is 8.36. The van der Waals surface area contributed by atoms with E-state index in [9.17, 15) is 4.79 Å². The molecule has 0 aliphatic heterocycles. The average molecular weight is 363 g/mol. The second-order valence-electron chi connectivity index (χ2n) is 4.32. The third kappa shape index (κ3) is 4.22. The minimum Gasteiger partial charge on any atom is -0.497 e. The highest BCUT2D eigenvalue weighted by Gasteiger charge is 2.09. The van der Waals surface area contributed by atoms with E-state index in [4.69, 9.17) is 4.74 Å². The number of ketones is 1. The monoisotopic (exact) mass is 362 g/mol. The van der Waals surface area contributed by atoms with Crippen LogP contribution < -0.4 is 4.74 Å². The van der Waals surface area contributed by atoms with Crippen LogP contribution in [-0.4, -0.2) is 19.1 Å². The molecule has 2 aromatic carbocycles. The fourth-order valence-corrected chi connectivity index (χ4v) is 2.69. The van der Waals surface area contributed by atoms with Crippen molar-refractivity contribution in [3.63, 3.8) is 0 Å². The van der Waals surface area contributed by atoms with E-state index in [2.05, 4.69) is 15.9 Å². The zero-order valence-electron chi connectivity index (χ0n) is 11.8. The van der Waals surface area contributed by atoms with Crippen molar-refractivity contribution in [1.29, 1.82) is 0 Å². The first kappa shape index (κ1) is 15.9. The summed E-state index contributed by atoms with van der Waals surface area (Å²) in [5, 5.41) is 0. The van der Waals surface area contributed by atoms with Crippen molar-refractivity contribution < 1.29 is 9.53 Å². The van der Waals surface area contributed by atoms with Crippen molar-refractivity contribution in [2.45, 2.75) is 4.90 Å². The Bertz CT molecular complexity index is 645. The van der Waals surface area contributed by atoms with Crippen LogP contribution >= 0.6 is 27.7 Å². The van der Waals surface area contributed by atoms with Crippen LogP contribution in [0.3, 0.4) is 0 Å². The molecule has 0 fully saturated rings. The van der Waals surface area contributed by atoms with E-state index < -0.39 is 0 Å². The number of hydrogen-bond donors (Lipinski definition) is 0. The lowest BCUT2D eigenvalue weighted by atomic mass is 10.1. The topological polar surface area (TPSA) is 26.3 Å². The SMILES string of the molecule is COc1ccc(C(=O)/C(Br)=C/c2ccc(SC)cc2)cc1. The van der Waals surface area contributed by atoms with Gasteiger partial charge in [0.1, 0.15) is 5.75 Å². The number of Topliss-reactive ketones (excluding diaryl/α,β-unsaturated/α-hetero) is 1. The molecule has 0 saturated carbocycles. The highest BCUT2D eigenvalue weighted by Crippen LogP contribution is 2.21. The van der Waals surface area contributed by atoms with E-state index >= 15 is 0 Å². The maximum absolute atomic E-state index is 12.3. The number of halogens is 1. The number of allylic oxidation sites excluding steroid dienone is 1. The van der Waals surface area contributed by atoms with Crippen molar-refractivity contribution in [2.75, 3.05) is 13.4 Å². The Labute approximate surface area is 137 Å². The Kier molecular flexibility index (Phi) is 5.65. The molecule has 0 unspecified atom stereocenters. The van der Waals surface area contributed by atoms with E-state index in [1.54, 1.807) is 43.1 Å². The molecule has 2 nitrogen and oxygen atoms in total. The molecule has 2 aromatic rings. The molecule has 4 heteroatoms. The molecule has 0 heterocycles. The summed E-state index contributed by atoms with van der Waals surface area (Å²) in [4.78, 5) is 13.5. The van der Waals surface area contributed by atoms with Gasteiger partial charge in [-0.1, -0.05) is 12.1 Å². The van der Waals surface area contributed by atoms with Gasteiger partial charge >= 0.3 is 0 Å². The second kappa shape index (κ2) is 7.48. The van der Waals surface area contributed by atoms with E-state index in [1.807, 2.05) is 36.6 Å². The van der Waals surface area contributed by atoms with Gasteiger partial charge < -0.3 is 4.74 Å². The van der Waals surface area contributed by atoms with Gasteiger partial charge in [0.25, 0.3) is 0 Å². The lowest BCUT2D eigenvalue weighted by Crippen LogP contribution is -1.98. The summed E-state index contributed by atoms with van der Waals surface area (Å²) in [6.07, 6.45) is 3.87. The van der Waals surface area contributed by atoms with Gasteiger partial charge in [0.15, 0.2) is 5.78 Å². The maximum atomic E-state index is 12.3. The second-order valence-corrected chi connectivity index (χ2v) is 6.06. The van der Waals surface area contributed by atoms with Crippen molar-refractivity contribution >= 4 is 39.6 Å². The third-order valence-corrected chi connectivity index (χ3v) is 4.31. The fraction of sp³-hybridized carbons (Fsp3) is 0.118. The molecule has 0 amide bonds. The number of methoxy groups -OCH3 is 1. The van der Waals surface area contributed by atoms with Gasteiger partial charge in [0.2, 0.25) is 0 Å². The van der Waals surface area contributed by atoms with E-state index in [0.717, 1.165) is 11.3 Å². The highest BCUT2D eigenvalue weighted by molar-refractivity contribution is 9.12. The summed E-state index contributed by atoms with van der Waals surface area (Å²) in [7, 11) is 1.60. The largest absolute Gasteiger partial charge is 0.497 e. The molecule has 0 bridgehead atoms. The summed E-state index contributed by atoms with van der Waals surface area (Å²) >= 11 is 5.05. The quantitative estimate of drug-likeness (QED) is 0.423. The van der Waals surface area contributed by atoms with Gasteiger partial charge in [0.05, 0.1) is 11.6 Å². The number of ether oxygens (including phenoxy) is 1. The molecular weight excluding hydrogens is 348 g/mol.